The van der Waals surface area contributed by atoms with Crippen molar-refractivity contribution in [2.75, 3.05) is 36.8 Å². The molecule has 2 aliphatic heterocycles. The molecule has 6 nitrogen and oxygen atoms in total. The van der Waals surface area contributed by atoms with Crippen LogP contribution in [0.5, 0.6) is 0 Å². The third kappa shape index (κ3) is 3.99. The van der Waals surface area contributed by atoms with Gasteiger partial charge in [0, 0.05) is 61.7 Å². The van der Waals surface area contributed by atoms with E-state index in [9.17, 15) is 4.39 Å². The lowest BCUT2D eigenvalue weighted by Gasteiger charge is -2.42. The molecule has 2 aliphatic rings. The summed E-state index contributed by atoms with van der Waals surface area (Å²) in [5, 5.41) is 9.12. The van der Waals surface area contributed by atoms with E-state index in [-0.39, 0.29) is 17.5 Å². The molecule has 2 saturated heterocycles. The third-order valence-corrected chi connectivity index (χ3v) is 5.90. The van der Waals surface area contributed by atoms with Gasteiger partial charge < -0.3 is 15.5 Å². The van der Waals surface area contributed by atoms with E-state index in [1.165, 1.54) is 6.07 Å². The minimum Gasteiger partial charge on any atom is -0.396 e. The molecule has 154 valence electrons. The van der Waals surface area contributed by atoms with Crippen LogP contribution in [0.1, 0.15) is 30.0 Å². The minimum atomic E-state index is -0.416. The Kier molecular flexibility index (Phi) is 5.66. The van der Waals surface area contributed by atoms with Gasteiger partial charge in [-0.25, -0.2) is 9.37 Å². The van der Waals surface area contributed by atoms with E-state index in [1.807, 2.05) is 6.08 Å². The number of nitrogen functional groups attached to an aromatic ring is 1. The molecule has 3 heterocycles. The van der Waals surface area contributed by atoms with Crippen LogP contribution in [0.3, 0.4) is 0 Å². The quantitative estimate of drug-likeness (QED) is 0.606. The van der Waals surface area contributed by atoms with Crippen molar-refractivity contribution in [3.63, 3.8) is 0 Å². The summed E-state index contributed by atoms with van der Waals surface area (Å²) in [7, 11) is 0. The predicted octanol–water partition coefficient (Wildman–Crippen LogP) is 3.56. The molecule has 0 atom stereocenters. The van der Waals surface area contributed by atoms with Crippen molar-refractivity contribution in [2.45, 2.75) is 18.8 Å². The SMILES string of the molecule is C=C(/C=C\c1cccc(F)c1N)N1CC(c2nccnc2N2CCC(C#N)CC2)C1. The first-order valence-electron chi connectivity index (χ1n) is 10.2. The zero-order valence-electron chi connectivity index (χ0n) is 16.8. The molecule has 0 radical (unpaired) electrons. The Morgan fingerprint density at radius 3 is 2.70 bits per heavy atom. The molecule has 4 rings (SSSR count). The van der Waals surface area contributed by atoms with E-state index in [2.05, 4.69) is 32.4 Å². The van der Waals surface area contributed by atoms with E-state index in [4.69, 9.17) is 11.0 Å². The van der Waals surface area contributed by atoms with Gasteiger partial charge in [-0.15, -0.1) is 0 Å². The highest BCUT2D eigenvalue weighted by atomic mass is 19.1. The highest BCUT2D eigenvalue weighted by molar-refractivity contribution is 5.66. The summed E-state index contributed by atoms with van der Waals surface area (Å²) in [6.45, 7) is 7.42. The van der Waals surface area contributed by atoms with E-state index in [0.717, 1.165) is 56.2 Å². The molecule has 1 aromatic carbocycles. The zero-order chi connectivity index (χ0) is 21.1. The second kappa shape index (κ2) is 8.54. The maximum Gasteiger partial charge on any atom is 0.150 e. The first kappa shape index (κ1) is 19.9. The van der Waals surface area contributed by atoms with Crippen LogP contribution < -0.4 is 10.6 Å². The van der Waals surface area contributed by atoms with E-state index < -0.39 is 5.82 Å². The summed E-state index contributed by atoms with van der Waals surface area (Å²) in [5.41, 5.74) is 8.44. The molecule has 7 heteroatoms. The second-order valence-corrected chi connectivity index (χ2v) is 7.82. The van der Waals surface area contributed by atoms with Crippen molar-refractivity contribution >= 4 is 17.6 Å². The van der Waals surface area contributed by atoms with Crippen LogP contribution in [0.25, 0.3) is 6.08 Å². The number of nitrogens with zero attached hydrogens (tertiary/aromatic N) is 5. The number of hydrogen-bond donors (Lipinski definition) is 1. The fourth-order valence-corrected chi connectivity index (χ4v) is 3.97. The summed E-state index contributed by atoms with van der Waals surface area (Å²) in [6.07, 6.45) is 8.87. The van der Waals surface area contributed by atoms with E-state index in [1.54, 1.807) is 30.6 Å². The van der Waals surface area contributed by atoms with Crippen LogP contribution in [0, 0.1) is 23.1 Å². The minimum absolute atomic E-state index is 0.141. The maximum absolute atomic E-state index is 13.6. The number of hydrogen-bond acceptors (Lipinski definition) is 6. The molecular formula is C23H25FN6. The third-order valence-electron chi connectivity index (χ3n) is 5.90. The largest absolute Gasteiger partial charge is 0.396 e. The predicted molar refractivity (Wildman–Crippen MR) is 116 cm³/mol. The maximum atomic E-state index is 13.6. The van der Waals surface area contributed by atoms with Crippen LogP contribution in [0.15, 0.2) is 48.9 Å². The summed E-state index contributed by atoms with van der Waals surface area (Å²) in [6, 6.07) is 7.14. The van der Waals surface area contributed by atoms with Gasteiger partial charge >= 0.3 is 0 Å². The van der Waals surface area contributed by atoms with Gasteiger partial charge in [-0.3, -0.25) is 4.98 Å². The number of nitrogens with two attached hydrogens (primary N) is 1. The lowest BCUT2D eigenvalue weighted by atomic mass is 9.93. The van der Waals surface area contributed by atoms with Gasteiger partial charge in [-0.05, 0) is 25.0 Å². The molecule has 0 aliphatic carbocycles. The van der Waals surface area contributed by atoms with Crippen molar-refractivity contribution in [1.82, 2.24) is 14.9 Å². The number of anilines is 2. The number of halogens is 1. The average Bonchev–Trinajstić information content (AvgIpc) is 2.74. The summed E-state index contributed by atoms with van der Waals surface area (Å²) in [4.78, 5) is 13.6. The van der Waals surface area contributed by atoms with Crippen molar-refractivity contribution in [3.05, 3.63) is 66.0 Å². The van der Waals surface area contributed by atoms with Crippen molar-refractivity contribution in [1.29, 1.82) is 5.26 Å². The molecule has 2 aromatic rings. The smallest absolute Gasteiger partial charge is 0.150 e. The van der Waals surface area contributed by atoms with Gasteiger partial charge in [0.15, 0.2) is 5.82 Å². The molecule has 1 aromatic heterocycles. The number of likely N-dealkylation sites (tertiary alicyclic amines) is 1. The number of para-hydroxylation sites is 1. The lowest BCUT2D eigenvalue weighted by molar-refractivity contribution is 0.203. The van der Waals surface area contributed by atoms with Crippen LogP contribution in [-0.2, 0) is 0 Å². The summed E-state index contributed by atoms with van der Waals surface area (Å²) in [5.74, 6) is 0.947. The number of nitriles is 1. The van der Waals surface area contributed by atoms with Gasteiger partial charge in [0.25, 0.3) is 0 Å². The number of benzene rings is 1. The Labute approximate surface area is 176 Å². The normalized spacial score (nSPS) is 17.7. The van der Waals surface area contributed by atoms with E-state index >= 15 is 0 Å². The van der Waals surface area contributed by atoms with Crippen LogP contribution in [-0.4, -0.2) is 41.0 Å². The van der Waals surface area contributed by atoms with Crippen molar-refractivity contribution in [2.24, 2.45) is 5.92 Å². The standard InChI is InChI=1S/C23H25FN6/c1-16(5-6-18-3-2-4-20(24)21(18)26)30-14-19(15-30)22-23(28-10-9-27-22)29-11-7-17(13-25)8-12-29/h2-6,9-10,17,19H,1,7-8,11-12,14-15,26H2/b6-5-. The van der Waals surface area contributed by atoms with Gasteiger partial charge in [0.1, 0.15) is 5.82 Å². The van der Waals surface area contributed by atoms with Crippen molar-refractivity contribution < 1.29 is 4.39 Å². The first-order chi connectivity index (χ1) is 14.6. The van der Waals surface area contributed by atoms with Crippen LogP contribution in [0.2, 0.25) is 0 Å². The number of piperidine rings is 1. The molecule has 0 unspecified atom stereocenters. The lowest BCUT2D eigenvalue weighted by Crippen LogP contribution is -2.45. The molecule has 0 amide bonds. The Hall–Kier alpha value is -3.40. The Morgan fingerprint density at radius 2 is 1.97 bits per heavy atom. The van der Waals surface area contributed by atoms with Crippen LogP contribution >= 0.6 is 0 Å². The molecule has 0 saturated carbocycles. The molecule has 2 fully saturated rings. The van der Waals surface area contributed by atoms with Gasteiger partial charge in [0.05, 0.1) is 17.5 Å². The van der Waals surface area contributed by atoms with Gasteiger partial charge in [-0.2, -0.15) is 5.26 Å². The van der Waals surface area contributed by atoms with Gasteiger partial charge in [0.2, 0.25) is 0 Å². The molecular weight excluding hydrogens is 379 g/mol. The number of rotatable bonds is 5. The second-order valence-electron chi connectivity index (χ2n) is 7.82. The Morgan fingerprint density at radius 1 is 1.23 bits per heavy atom. The zero-order valence-corrected chi connectivity index (χ0v) is 16.8. The fraction of sp³-hybridized carbons (Fsp3) is 0.348. The highest BCUT2D eigenvalue weighted by Gasteiger charge is 2.33. The summed E-state index contributed by atoms with van der Waals surface area (Å²) < 4.78 is 13.6. The fourth-order valence-electron chi connectivity index (χ4n) is 3.97. The van der Waals surface area contributed by atoms with Crippen LogP contribution in [0.4, 0.5) is 15.9 Å². The Balaban J connectivity index is 1.39. The Bertz CT molecular complexity index is 997. The molecule has 2 N–H and O–H groups in total. The molecule has 30 heavy (non-hydrogen) atoms. The average molecular weight is 404 g/mol. The highest BCUT2D eigenvalue weighted by Crippen LogP contribution is 2.34. The summed E-state index contributed by atoms with van der Waals surface area (Å²) >= 11 is 0. The monoisotopic (exact) mass is 404 g/mol. The first-order valence-corrected chi connectivity index (χ1v) is 10.2. The number of aromatic nitrogens is 2. The van der Waals surface area contributed by atoms with Crippen molar-refractivity contribution in [3.8, 4) is 6.07 Å². The molecule has 0 bridgehead atoms. The topological polar surface area (TPSA) is 82.1 Å². The number of allylic oxidation sites excluding steroid dienone is 1. The van der Waals surface area contributed by atoms with Gasteiger partial charge in [-0.1, -0.05) is 24.8 Å². The molecule has 0 spiro atoms. The van der Waals surface area contributed by atoms with E-state index in [0.29, 0.717) is 5.56 Å².